The number of halogens is 4. The zero-order valence-electron chi connectivity index (χ0n) is 17.9. The highest BCUT2D eigenvalue weighted by Gasteiger charge is 2.39. The molecule has 0 unspecified atom stereocenters. The van der Waals surface area contributed by atoms with Crippen LogP contribution in [0.1, 0.15) is 11.1 Å². The number of hydrogen-bond donors (Lipinski definition) is 3. The van der Waals surface area contributed by atoms with Gasteiger partial charge in [-0.1, -0.05) is 17.7 Å². The maximum Gasteiger partial charge on any atom is 0.471 e. The Labute approximate surface area is 192 Å². The lowest BCUT2D eigenvalue weighted by molar-refractivity contribution is -0.167. The molecule has 12 heteroatoms. The molecule has 3 rings (SSSR count). The number of fused-ring (bicyclic) bond motifs is 1. The Bertz CT molecular complexity index is 1190. The molecule has 0 spiro atoms. The number of phenolic OH excluding ortho intramolecular Hbond substituents is 1. The highest BCUT2D eigenvalue weighted by atomic mass is 35.5. The third-order valence-corrected chi connectivity index (χ3v) is 4.95. The second-order valence-electron chi connectivity index (χ2n) is 7.38. The number of benzene rings is 2. The molecule has 1 aromatic heterocycles. The molecule has 0 fully saturated rings. The number of nitrogens with one attached hydrogen (secondary N) is 2. The largest absolute Gasteiger partial charge is 0.505 e. The third kappa shape index (κ3) is 5.55. The van der Waals surface area contributed by atoms with Crippen molar-refractivity contribution < 1.29 is 27.8 Å². The molecule has 0 aliphatic heterocycles. The summed E-state index contributed by atoms with van der Waals surface area (Å²) in [6.45, 7) is 0.437. The van der Waals surface area contributed by atoms with Gasteiger partial charge in [0.15, 0.2) is 0 Å². The first-order chi connectivity index (χ1) is 15.5. The van der Waals surface area contributed by atoms with E-state index in [1.54, 1.807) is 42.5 Å². The summed E-state index contributed by atoms with van der Waals surface area (Å²) < 4.78 is 43.6. The average Bonchev–Trinajstić information content (AvgIpc) is 2.74. The smallest absolute Gasteiger partial charge is 0.471 e. The average molecular weight is 484 g/mol. The van der Waals surface area contributed by atoms with Gasteiger partial charge >= 0.3 is 12.1 Å². The van der Waals surface area contributed by atoms with Gasteiger partial charge in [-0.05, 0) is 37.9 Å². The molecule has 0 saturated heterocycles. The first kappa shape index (κ1) is 24.3. The Morgan fingerprint density at radius 3 is 2.58 bits per heavy atom. The number of carbonyl (C=O) groups excluding carboxylic acids is 1. The highest BCUT2D eigenvalue weighted by molar-refractivity contribution is 6.32. The lowest BCUT2D eigenvalue weighted by atomic mass is 10.1. The minimum absolute atomic E-state index is 0.155. The van der Waals surface area contributed by atoms with Gasteiger partial charge in [0.25, 0.3) is 0 Å². The number of phenols is 1. The van der Waals surface area contributed by atoms with Crippen LogP contribution in [0.4, 0.5) is 24.7 Å². The van der Waals surface area contributed by atoms with Crippen LogP contribution < -0.4 is 15.4 Å². The second-order valence-corrected chi connectivity index (χ2v) is 7.79. The van der Waals surface area contributed by atoms with E-state index < -0.39 is 23.5 Å². The minimum Gasteiger partial charge on any atom is -0.505 e. The topological polar surface area (TPSA) is 99.6 Å². The van der Waals surface area contributed by atoms with Crippen molar-refractivity contribution >= 4 is 39.9 Å². The molecular formula is C21H21ClF3N5O3. The van der Waals surface area contributed by atoms with Crippen LogP contribution in [-0.4, -0.2) is 53.3 Å². The summed E-state index contributed by atoms with van der Waals surface area (Å²) in [7, 11) is 4.95. The molecule has 2 aromatic carbocycles. The predicted octanol–water partition coefficient (Wildman–Crippen LogP) is 4.17. The van der Waals surface area contributed by atoms with Crippen molar-refractivity contribution in [2.45, 2.75) is 19.3 Å². The Morgan fingerprint density at radius 2 is 1.97 bits per heavy atom. The number of nitrogens with zero attached hydrogens (tertiary/aromatic N) is 3. The summed E-state index contributed by atoms with van der Waals surface area (Å²) in [5, 5.41) is 16.2. The van der Waals surface area contributed by atoms with Crippen LogP contribution in [0.3, 0.4) is 0 Å². The molecule has 0 saturated carbocycles. The van der Waals surface area contributed by atoms with Gasteiger partial charge in [0.1, 0.15) is 23.6 Å². The van der Waals surface area contributed by atoms with Crippen LogP contribution >= 0.6 is 11.6 Å². The van der Waals surface area contributed by atoms with Crippen LogP contribution in [0, 0.1) is 0 Å². The summed E-state index contributed by atoms with van der Waals surface area (Å²) in [4.78, 5) is 21.6. The first-order valence-electron chi connectivity index (χ1n) is 9.60. The number of alkyl halides is 3. The van der Waals surface area contributed by atoms with Crippen LogP contribution in [0.2, 0.25) is 5.02 Å². The van der Waals surface area contributed by atoms with Gasteiger partial charge in [-0.15, -0.1) is 0 Å². The molecule has 33 heavy (non-hydrogen) atoms. The van der Waals surface area contributed by atoms with Crippen molar-refractivity contribution in [3.63, 3.8) is 0 Å². The Balaban J connectivity index is 2.04. The van der Waals surface area contributed by atoms with E-state index in [0.717, 1.165) is 5.56 Å². The zero-order chi connectivity index (χ0) is 24.3. The van der Waals surface area contributed by atoms with Crippen molar-refractivity contribution in [3.8, 4) is 11.5 Å². The van der Waals surface area contributed by atoms with Gasteiger partial charge in [0.2, 0.25) is 0 Å². The maximum absolute atomic E-state index is 12.8. The van der Waals surface area contributed by atoms with Crippen molar-refractivity contribution in [3.05, 3.63) is 46.7 Å². The fraction of sp³-hybridized carbons (Fsp3) is 0.286. The number of anilines is 2. The number of carbonyl (C=O) groups is 1. The number of amides is 1. The summed E-state index contributed by atoms with van der Waals surface area (Å²) in [6.07, 6.45) is -3.84. The van der Waals surface area contributed by atoms with Crippen LogP contribution in [-0.2, 0) is 17.9 Å². The molecule has 3 aromatic rings. The molecule has 0 bridgehead atoms. The molecule has 1 amide bonds. The molecule has 0 aliphatic rings. The normalized spacial score (nSPS) is 11.6. The van der Waals surface area contributed by atoms with Crippen molar-refractivity contribution in [2.75, 3.05) is 31.8 Å². The summed E-state index contributed by atoms with van der Waals surface area (Å²) in [5.41, 5.74) is 0.974. The summed E-state index contributed by atoms with van der Waals surface area (Å²) >= 11 is 6.16. The third-order valence-electron chi connectivity index (χ3n) is 4.66. The molecule has 176 valence electrons. The number of ether oxygens (including phenoxy) is 1. The van der Waals surface area contributed by atoms with E-state index in [1.165, 1.54) is 19.5 Å². The quantitative estimate of drug-likeness (QED) is 0.434. The van der Waals surface area contributed by atoms with E-state index in [4.69, 9.17) is 16.3 Å². The van der Waals surface area contributed by atoms with Crippen LogP contribution in [0.5, 0.6) is 11.5 Å². The van der Waals surface area contributed by atoms with Crippen molar-refractivity contribution in [1.82, 2.24) is 14.9 Å². The first-order valence-corrected chi connectivity index (χ1v) is 9.97. The van der Waals surface area contributed by atoms with Gasteiger partial charge in [0, 0.05) is 24.0 Å². The Morgan fingerprint density at radius 1 is 1.24 bits per heavy atom. The van der Waals surface area contributed by atoms with Gasteiger partial charge in [-0.2, -0.15) is 13.2 Å². The van der Waals surface area contributed by atoms with E-state index in [9.17, 15) is 23.1 Å². The Hall–Kier alpha value is -3.31. The Kier molecular flexibility index (Phi) is 7.13. The fourth-order valence-corrected chi connectivity index (χ4v) is 3.44. The summed E-state index contributed by atoms with van der Waals surface area (Å²) in [6, 6.07) is 6.40. The number of hydrogen-bond acceptors (Lipinski definition) is 7. The van der Waals surface area contributed by atoms with Crippen LogP contribution in [0.15, 0.2) is 30.6 Å². The van der Waals surface area contributed by atoms with Gasteiger partial charge in [-0.25, -0.2) is 9.97 Å². The molecular weight excluding hydrogens is 463 g/mol. The lowest BCUT2D eigenvalue weighted by Gasteiger charge is -2.18. The molecule has 3 N–H and O–H groups in total. The number of aromatic hydroxyl groups is 1. The number of aromatic nitrogens is 2. The SMILES string of the molecule is COc1ccc(CNc2ncnc3c(CN(C)C)c(O)c(NC(=O)C(F)(F)F)cc23)cc1Cl. The van der Waals surface area contributed by atoms with Gasteiger partial charge in [0.05, 0.1) is 23.3 Å². The maximum atomic E-state index is 12.8. The fourth-order valence-electron chi connectivity index (χ4n) is 3.16. The predicted molar refractivity (Wildman–Crippen MR) is 119 cm³/mol. The molecule has 0 radical (unpaired) electrons. The van der Waals surface area contributed by atoms with E-state index >= 15 is 0 Å². The molecule has 8 nitrogen and oxygen atoms in total. The summed E-state index contributed by atoms with van der Waals surface area (Å²) in [5.74, 6) is -1.89. The zero-order valence-corrected chi connectivity index (χ0v) is 18.7. The van der Waals surface area contributed by atoms with E-state index in [0.29, 0.717) is 27.5 Å². The van der Waals surface area contributed by atoms with Crippen molar-refractivity contribution in [1.29, 1.82) is 0 Å². The lowest BCUT2D eigenvalue weighted by Crippen LogP contribution is -2.30. The number of methoxy groups -OCH3 is 1. The van der Waals surface area contributed by atoms with E-state index in [1.807, 2.05) is 0 Å². The molecule has 1 heterocycles. The second kappa shape index (κ2) is 9.67. The molecule has 0 atom stereocenters. The van der Waals surface area contributed by atoms with E-state index in [-0.39, 0.29) is 18.7 Å². The molecule has 0 aliphatic carbocycles. The standard InChI is InChI=1S/C21H21ClF3N5O3/c1-30(2)9-13-17-12(7-15(18(13)31)29-20(32)21(23,24)25)19(28-10-27-17)26-8-11-4-5-16(33-3)14(22)6-11/h4-7,10,31H,8-9H2,1-3H3,(H,29,32)(H,26,27,28). The number of rotatable bonds is 7. The van der Waals surface area contributed by atoms with Crippen LogP contribution in [0.25, 0.3) is 10.9 Å². The monoisotopic (exact) mass is 483 g/mol. The highest BCUT2D eigenvalue weighted by Crippen LogP contribution is 2.38. The minimum atomic E-state index is -5.12. The van der Waals surface area contributed by atoms with Crippen molar-refractivity contribution in [2.24, 2.45) is 0 Å². The van der Waals surface area contributed by atoms with Gasteiger partial charge in [-0.3, -0.25) is 4.79 Å². The van der Waals surface area contributed by atoms with E-state index in [2.05, 4.69) is 15.3 Å². The van der Waals surface area contributed by atoms with Gasteiger partial charge < -0.3 is 25.4 Å².